The number of aromatic nitrogens is 3. The maximum absolute atomic E-state index is 11.8. The Bertz CT molecular complexity index is 683. The largest absolute Gasteiger partial charge is 0.504 e. The zero-order valence-corrected chi connectivity index (χ0v) is 10.4. The van der Waals surface area contributed by atoms with Gasteiger partial charge in [0.2, 0.25) is 5.95 Å². The van der Waals surface area contributed by atoms with Crippen molar-refractivity contribution in [2.75, 3.05) is 12.0 Å². The number of anilines is 1. The Labute approximate surface area is 114 Å². The molecule has 0 unspecified atom stereocenters. The van der Waals surface area contributed by atoms with Gasteiger partial charge in [-0.25, -0.2) is 15.2 Å². The first-order valence-corrected chi connectivity index (χ1v) is 5.69. The molecule has 0 aliphatic carbocycles. The third-order valence-corrected chi connectivity index (χ3v) is 2.39. The van der Waals surface area contributed by atoms with Crippen LogP contribution in [0, 0.1) is 0 Å². The molecule has 20 heavy (non-hydrogen) atoms. The van der Waals surface area contributed by atoms with Gasteiger partial charge in [-0.1, -0.05) is 6.08 Å². The number of phenols is 2. The fourth-order valence-corrected chi connectivity index (χ4v) is 1.44. The Hall–Kier alpha value is -2.87. The van der Waals surface area contributed by atoms with Gasteiger partial charge >= 0.3 is 5.69 Å². The van der Waals surface area contributed by atoms with Crippen LogP contribution in [-0.4, -0.2) is 31.3 Å². The summed E-state index contributed by atoms with van der Waals surface area (Å²) in [4.78, 5) is 19.5. The maximum atomic E-state index is 11.8. The molecule has 0 saturated heterocycles. The highest BCUT2D eigenvalue weighted by molar-refractivity contribution is 5.47. The summed E-state index contributed by atoms with van der Waals surface area (Å²) >= 11 is 0. The highest BCUT2D eigenvalue weighted by Gasteiger charge is 2.06. The van der Waals surface area contributed by atoms with E-state index in [9.17, 15) is 15.0 Å². The van der Waals surface area contributed by atoms with Gasteiger partial charge in [0.25, 0.3) is 0 Å². The normalized spacial score (nSPS) is 10.2. The Morgan fingerprint density at radius 2 is 2.15 bits per heavy atom. The van der Waals surface area contributed by atoms with Gasteiger partial charge in [0.05, 0.1) is 5.69 Å². The number of hydrazine groups is 1. The minimum Gasteiger partial charge on any atom is -0.504 e. The average molecular weight is 275 g/mol. The quantitative estimate of drug-likeness (QED) is 0.266. The van der Waals surface area contributed by atoms with Crippen LogP contribution in [0.3, 0.4) is 0 Å². The molecule has 1 heterocycles. The fourth-order valence-electron chi connectivity index (χ4n) is 1.44. The molecule has 1 aromatic heterocycles. The molecule has 0 aliphatic heterocycles. The first-order chi connectivity index (χ1) is 9.61. The lowest BCUT2D eigenvalue weighted by atomic mass is 10.3. The Morgan fingerprint density at radius 1 is 1.35 bits per heavy atom. The predicted molar refractivity (Wildman–Crippen MR) is 72.8 cm³/mol. The Kier molecular flexibility index (Phi) is 3.96. The highest BCUT2D eigenvalue weighted by Crippen LogP contribution is 2.25. The van der Waals surface area contributed by atoms with E-state index >= 15 is 0 Å². The van der Waals surface area contributed by atoms with Crippen LogP contribution in [0.25, 0.3) is 5.69 Å². The lowest BCUT2D eigenvalue weighted by Gasteiger charge is -2.08. The molecule has 0 spiro atoms. The lowest BCUT2D eigenvalue weighted by Crippen LogP contribution is -2.28. The van der Waals surface area contributed by atoms with Gasteiger partial charge in [-0.15, -0.1) is 6.58 Å². The van der Waals surface area contributed by atoms with E-state index < -0.39 is 5.69 Å². The van der Waals surface area contributed by atoms with Gasteiger partial charge in [-0.05, 0) is 12.1 Å². The van der Waals surface area contributed by atoms with Crippen molar-refractivity contribution in [2.45, 2.75) is 0 Å². The van der Waals surface area contributed by atoms with Crippen molar-refractivity contribution in [3.63, 3.8) is 0 Å². The first kappa shape index (κ1) is 13.6. The van der Waals surface area contributed by atoms with E-state index in [0.29, 0.717) is 12.2 Å². The molecule has 0 saturated carbocycles. The molecule has 104 valence electrons. The predicted octanol–water partition coefficient (Wildman–Crippen LogP) is 0.141. The van der Waals surface area contributed by atoms with Crippen LogP contribution in [0.5, 0.6) is 11.5 Å². The van der Waals surface area contributed by atoms with E-state index in [1.807, 2.05) is 0 Å². The van der Waals surface area contributed by atoms with Crippen LogP contribution in [0.15, 0.2) is 42.0 Å². The van der Waals surface area contributed by atoms with Crippen LogP contribution in [0.4, 0.5) is 5.95 Å². The van der Waals surface area contributed by atoms with E-state index in [2.05, 4.69) is 27.4 Å². The SMILES string of the molecule is C=CCNNc1ncn(-c2ccc(O)c(O)c2)c(=O)n1. The van der Waals surface area contributed by atoms with Crippen molar-refractivity contribution >= 4 is 5.95 Å². The molecule has 8 nitrogen and oxygen atoms in total. The number of phenolic OH excluding ortho intramolecular Hbond substituents is 2. The smallest absolute Gasteiger partial charge is 0.356 e. The van der Waals surface area contributed by atoms with Gasteiger partial charge in [0.1, 0.15) is 6.33 Å². The molecular weight excluding hydrogens is 262 g/mol. The average Bonchev–Trinajstić information content (AvgIpc) is 2.43. The molecule has 2 rings (SSSR count). The molecule has 2 aromatic rings. The van der Waals surface area contributed by atoms with Gasteiger partial charge in [-0.3, -0.25) is 9.99 Å². The summed E-state index contributed by atoms with van der Waals surface area (Å²) in [6.07, 6.45) is 2.90. The van der Waals surface area contributed by atoms with Gasteiger partial charge < -0.3 is 10.2 Å². The van der Waals surface area contributed by atoms with E-state index in [4.69, 9.17) is 0 Å². The topological polar surface area (TPSA) is 112 Å². The van der Waals surface area contributed by atoms with E-state index in [1.165, 1.54) is 24.5 Å². The van der Waals surface area contributed by atoms with E-state index in [-0.39, 0.29) is 17.4 Å². The number of hydrogen-bond donors (Lipinski definition) is 4. The standard InChI is InChI=1S/C12H13N5O3/c1-2-5-14-16-11-13-7-17(12(20)15-11)8-3-4-9(18)10(19)6-8/h2-4,6-7,14,18-19H,1,5H2,(H,15,16,20). The van der Waals surface area contributed by atoms with Crippen molar-refractivity contribution in [3.8, 4) is 17.2 Å². The van der Waals surface area contributed by atoms with E-state index in [0.717, 1.165) is 4.57 Å². The first-order valence-electron chi connectivity index (χ1n) is 5.69. The second-order valence-corrected chi connectivity index (χ2v) is 3.80. The second-order valence-electron chi connectivity index (χ2n) is 3.80. The van der Waals surface area contributed by atoms with Crippen LogP contribution < -0.4 is 16.5 Å². The van der Waals surface area contributed by atoms with E-state index in [1.54, 1.807) is 6.08 Å². The van der Waals surface area contributed by atoms with Crippen molar-refractivity contribution in [2.24, 2.45) is 0 Å². The minimum absolute atomic E-state index is 0.121. The molecule has 0 fully saturated rings. The highest BCUT2D eigenvalue weighted by atomic mass is 16.3. The molecular formula is C12H13N5O3. The summed E-state index contributed by atoms with van der Waals surface area (Å²) in [5.74, 6) is -0.477. The molecule has 0 bridgehead atoms. The Morgan fingerprint density at radius 3 is 2.80 bits per heavy atom. The summed E-state index contributed by atoms with van der Waals surface area (Å²) in [5, 5.41) is 18.6. The summed E-state index contributed by atoms with van der Waals surface area (Å²) in [5.41, 5.74) is 5.15. The van der Waals surface area contributed by atoms with Crippen molar-refractivity contribution in [1.82, 2.24) is 20.0 Å². The summed E-state index contributed by atoms with van der Waals surface area (Å²) in [7, 11) is 0. The van der Waals surface area contributed by atoms with Crippen LogP contribution in [-0.2, 0) is 0 Å². The summed E-state index contributed by atoms with van der Waals surface area (Å²) < 4.78 is 1.14. The number of aromatic hydroxyl groups is 2. The number of nitrogens with one attached hydrogen (secondary N) is 2. The van der Waals surface area contributed by atoms with Crippen molar-refractivity contribution in [3.05, 3.63) is 47.7 Å². The second kappa shape index (κ2) is 5.85. The van der Waals surface area contributed by atoms with Crippen molar-refractivity contribution < 1.29 is 10.2 Å². The van der Waals surface area contributed by atoms with Crippen molar-refractivity contribution in [1.29, 1.82) is 0 Å². The number of nitrogens with zero attached hydrogens (tertiary/aromatic N) is 3. The third-order valence-electron chi connectivity index (χ3n) is 2.39. The lowest BCUT2D eigenvalue weighted by molar-refractivity contribution is 0.403. The van der Waals surface area contributed by atoms with Gasteiger partial charge in [0.15, 0.2) is 11.5 Å². The third kappa shape index (κ3) is 2.93. The molecule has 1 aromatic carbocycles. The number of hydrogen-bond acceptors (Lipinski definition) is 7. The van der Waals surface area contributed by atoms with Gasteiger partial charge in [-0.2, -0.15) is 4.98 Å². The zero-order valence-electron chi connectivity index (χ0n) is 10.4. The number of benzene rings is 1. The molecule has 0 radical (unpaired) electrons. The van der Waals surface area contributed by atoms with Crippen LogP contribution in [0.2, 0.25) is 0 Å². The monoisotopic (exact) mass is 275 g/mol. The molecule has 0 amide bonds. The minimum atomic E-state index is -0.576. The molecule has 8 heteroatoms. The fraction of sp³-hybridized carbons (Fsp3) is 0.0833. The molecule has 0 aliphatic rings. The van der Waals surface area contributed by atoms with Crippen LogP contribution >= 0.6 is 0 Å². The zero-order chi connectivity index (χ0) is 14.5. The summed E-state index contributed by atoms with van der Waals surface area (Å²) in [6.45, 7) is 4.01. The van der Waals surface area contributed by atoms with Crippen LogP contribution in [0.1, 0.15) is 0 Å². The van der Waals surface area contributed by atoms with Gasteiger partial charge in [0, 0.05) is 12.6 Å². The molecule has 4 N–H and O–H groups in total. The Balaban J connectivity index is 2.27. The maximum Gasteiger partial charge on any atom is 0.356 e. The summed E-state index contributed by atoms with van der Waals surface area (Å²) in [6, 6.07) is 3.97. The molecule has 0 atom stereocenters. The number of rotatable bonds is 5.